The van der Waals surface area contributed by atoms with E-state index in [1.54, 1.807) is 0 Å². The van der Waals surface area contributed by atoms with Crippen molar-refractivity contribution in [1.29, 1.82) is 0 Å². The summed E-state index contributed by atoms with van der Waals surface area (Å²) in [7, 11) is 0. The molecule has 0 aliphatic carbocycles. The van der Waals surface area contributed by atoms with E-state index in [9.17, 15) is 14.4 Å². The third-order valence-electron chi connectivity index (χ3n) is 12.5. The number of allylic oxidation sites excluding steroid dienone is 16. The van der Waals surface area contributed by atoms with Crippen LogP contribution in [0.3, 0.4) is 0 Å². The van der Waals surface area contributed by atoms with E-state index in [4.69, 9.17) is 14.2 Å². The lowest BCUT2D eigenvalue weighted by atomic mass is 10.1. The van der Waals surface area contributed by atoms with E-state index in [0.29, 0.717) is 19.3 Å². The molecule has 0 saturated heterocycles. The highest BCUT2D eigenvalue weighted by Gasteiger charge is 2.19. The summed E-state index contributed by atoms with van der Waals surface area (Å²) in [6.07, 6.45) is 78.3. The topological polar surface area (TPSA) is 78.9 Å². The number of rotatable bonds is 53. The van der Waals surface area contributed by atoms with E-state index in [2.05, 4.69) is 112 Å². The molecule has 0 N–H and O–H groups in total. The van der Waals surface area contributed by atoms with Crippen molar-refractivity contribution in [2.24, 2.45) is 0 Å². The summed E-state index contributed by atoms with van der Waals surface area (Å²) in [6, 6.07) is 0. The van der Waals surface area contributed by atoms with Crippen molar-refractivity contribution in [1.82, 2.24) is 0 Å². The van der Waals surface area contributed by atoms with E-state index in [0.717, 1.165) is 70.6 Å². The van der Waals surface area contributed by atoms with E-state index >= 15 is 0 Å². The Morgan fingerprint density at radius 1 is 0.282 bits per heavy atom. The lowest BCUT2D eigenvalue weighted by Crippen LogP contribution is -2.30. The van der Waals surface area contributed by atoms with Crippen LogP contribution >= 0.6 is 0 Å². The summed E-state index contributed by atoms with van der Waals surface area (Å²) in [4.78, 5) is 38.2. The van der Waals surface area contributed by atoms with Crippen molar-refractivity contribution in [3.8, 4) is 0 Å². The molecule has 0 saturated carbocycles. The molecule has 0 unspecified atom stereocenters. The van der Waals surface area contributed by atoms with Crippen LogP contribution < -0.4 is 0 Å². The summed E-state index contributed by atoms with van der Waals surface area (Å²) in [5, 5.41) is 0. The number of hydrogen-bond acceptors (Lipinski definition) is 6. The maximum absolute atomic E-state index is 12.9. The van der Waals surface area contributed by atoms with Gasteiger partial charge in [0, 0.05) is 19.3 Å². The first-order chi connectivity index (χ1) is 35.0. The molecule has 0 aliphatic heterocycles. The van der Waals surface area contributed by atoms with Crippen LogP contribution in [0.15, 0.2) is 97.2 Å². The average molecular weight is 988 g/mol. The molecule has 0 heterocycles. The van der Waals surface area contributed by atoms with Gasteiger partial charge in [-0.25, -0.2) is 0 Å². The van der Waals surface area contributed by atoms with Crippen LogP contribution in [0.1, 0.15) is 278 Å². The van der Waals surface area contributed by atoms with Crippen LogP contribution in [0.4, 0.5) is 0 Å². The summed E-state index contributed by atoms with van der Waals surface area (Å²) in [5.41, 5.74) is 0. The number of carbonyl (C=O) groups excluding carboxylic acids is 3. The minimum Gasteiger partial charge on any atom is -0.462 e. The van der Waals surface area contributed by atoms with Gasteiger partial charge in [0.2, 0.25) is 0 Å². The first-order valence-corrected chi connectivity index (χ1v) is 29.7. The van der Waals surface area contributed by atoms with Gasteiger partial charge in [0.05, 0.1) is 0 Å². The molecule has 0 bridgehead atoms. The number of ether oxygens (including phenoxy) is 3. The van der Waals surface area contributed by atoms with E-state index in [1.807, 2.05) is 6.08 Å². The zero-order valence-corrected chi connectivity index (χ0v) is 46.5. The highest BCUT2D eigenvalue weighted by atomic mass is 16.6. The maximum atomic E-state index is 12.9. The van der Waals surface area contributed by atoms with Gasteiger partial charge in [0.15, 0.2) is 6.10 Å². The molecule has 0 rings (SSSR count). The molecule has 6 heteroatoms. The zero-order chi connectivity index (χ0) is 51.4. The molecule has 0 aromatic carbocycles. The Bertz CT molecular complexity index is 1410. The fraction of sp³-hybridized carbons (Fsp3) is 0.708. The Labute approximate surface area is 438 Å². The van der Waals surface area contributed by atoms with Gasteiger partial charge >= 0.3 is 17.9 Å². The van der Waals surface area contributed by atoms with Gasteiger partial charge in [-0.3, -0.25) is 14.4 Å². The smallest absolute Gasteiger partial charge is 0.306 e. The minimum atomic E-state index is -0.813. The van der Waals surface area contributed by atoms with Gasteiger partial charge in [-0.2, -0.15) is 0 Å². The molecular formula is C65H110O6. The monoisotopic (exact) mass is 987 g/mol. The molecule has 0 fully saturated rings. The molecule has 0 aliphatic rings. The number of unbranched alkanes of at least 4 members (excludes halogenated alkanes) is 26. The minimum absolute atomic E-state index is 0.104. The van der Waals surface area contributed by atoms with E-state index in [-0.39, 0.29) is 37.5 Å². The van der Waals surface area contributed by atoms with Crippen LogP contribution in [0.5, 0.6) is 0 Å². The van der Waals surface area contributed by atoms with E-state index in [1.165, 1.54) is 161 Å². The number of hydrogen-bond donors (Lipinski definition) is 0. The molecular weight excluding hydrogens is 877 g/mol. The lowest BCUT2D eigenvalue weighted by molar-refractivity contribution is -0.166. The van der Waals surface area contributed by atoms with Crippen LogP contribution in [0, 0.1) is 0 Å². The van der Waals surface area contributed by atoms with Crippen LogP contribution in [-0.4, -0.2) is 37.2 Å². The van der Waals surface area contributed by atoms with Gasteiger partial charge in [-0.15, -0.1) is 0 Å². The average Bonchev–Trinajstić information content (AvgIpc) is 3.37. The molecule has 0 spiro atoms. The van der Waals surface area contributed by atoms with Crippen LogP contribution in [0.2, 0.25) is 0 Å². The molecule has 1 atom stereocenters. The Balaban J connectivity index is 4.50. The first-order valence-electron chi connectivity index (χ1n) is 29.7. The zero-order valence-electron chi connectivity index (χ0n) is 46.5. The molecule has 71 heavy (non-hydrogen) atoms. The Morgan fingerprint density at radius 3 is 0.915 bits per heavy atom. The second-order valence-electron chi connectivity index (χ2n) is 19.5. The van der Waals surface area contributed by atoms with Gasteiger partial charge in [0.1, 0.15) is 13.2 Å². The summed E-state index contributed by atoms with van der Waals surface area (Å²) in [6.45, 7) is 6.52. The summed E-state index contributed by atoms with van der Waals surface area (Å²) < 4.78 is 16.8. The van der Waals surface area contributed by atoms with Crippen molar-refractivity contribution < 1.29 is 28.6 Å². The van der Waals surface area contributed by atoms with Gasteiger partial charge < -0.3 is 14.2 Å². The van der Waals surface area contributed by atoms with Crippen molar-refractivity contribution in [3.63, 3.8) is 0 Å². The van der Waals surface area contributed by atoms with Gasteiger partial charge in [0.25, 0.3) is 0 Å². The molecule has 6 nitrogen and oxygen atoms in total. The SMILES string of the molecule is CCCCC/C=C\C/C=C\C/C=C\C/C=C\C/C=C\CCC(=O)OC[C@H](COC(=O)CCCCCCCCC/C=C\CCCCCC)OC(=O)CCCCCCCCCCC/C=C\C/C=C\CCCCC. The van der Waals surface area contributed by atoms with Crippen molar-refractivity contribution >= 4 is 17.9 Å². The number of esters is 3. The molecule has 406 valence electrons. The van der Waals surface area contributed by atoms with Crippen LogP contribution in [0.25, 0.3) is 0 Å². The Morgan fingerprint density at radius 2 is 0.535 bits per heavy atom. The van der Waals surface area contributed by atoms with Crippen molar-refractivity contribution in [3.05, 3.63) is 97.2 Å². The van der Waals surface area contributed by atoms with E-state index < -0.39 is 6.10 Å². The summed E-state index contributed by atoms with van der Waals surface area (Å²) >= 11 is 0. The third-order valence-corrected chi connectivity index (χ3v) is 12.5. The highest BCUT2D eigenvalue weighted by Crippen LogP contribution is 2.15. The number of carbonyl (C=O) groups is 3. The standard InChI is InChI=1S/C65H110O6/c1-4-7-10-13-16-19-22-25-28-30-32-34-37-40-43-46-49-52-55-58-64(67)70-61-62(60-69-63(66)57-54-51-48-45-42-39-36-27-24-21-18-15-12-9-6-3)71-65(68)59-56-53-50-47-44-41-38-35-33-31-29-26-23-20-17-14-11-8-5-2/h16-17,19-21,24-26,28-29,32,34,40,43,49,52,62H,4-15,18,22-23,27,30-31,33,35-39,41-42,44-48,50-51,53-61H2,1-3H3/b19-16-,20-17-,24-21-,28-25-,29-26-,34-32-,43-40-,52-49-/t62-/m0/s1. The fourth-order valence-electron chi connectivity index (χ4n) is 8.04. The molecule has 0 amide bonds. The fourth-order valence-corrected chi connectivity index (χ4v) is 8.04. The second-order valence-corrected chi connectivity index (χ2v) is 19.5. The van der Waals surface area contributed by atoms with Crippen LogP contribution in [-0.2, 0) is 28.6 Å². The second kappa shape index (κ2) is 58.9. The predicted molar refractivity (Wildman–Crippen MR) is 307 cm³/mol. The molecule has 0 aromatic rings. The maximum Gasteiger partial charge on any atom is 0.306 e. The lowest BCUT2D eigenvalue weighted by Gasteiger charge is -2.18. The largest absolute Gasteiger partial charge is 0.462 e. The normalized spacial score (nSPS) is 12.8. The van der Waals surface area contributed by atoms with Crippen molar-refractivity contribution in [2.75, 3.05) is 13.2 Å². The quantitative estimate of drug-likeness (QED) is 0.0261. The Hall–Kier alpha value is -3.67. The third kappa shape index (κ3) is 57.1. The summed E-state index contributed by atoms with van der Waals surface area (Å²) in [5.74, 6) is -0.994. The van der Waals surface area contributed by atoms with Crippen molar-refractivity contribution in [2.45, 2.75) is 284 Å². The highest BCUT2D eigenvalue weighted by molar-refractivity contribution is 5.71. The molecule has 0 aromatic heterocycles. The first kappa shape index (κ1) is 67.3. The van der Waals surface area contributed by atoms with Gasteiger partial charge in [-0.05, 0) is 116 Å². The predicted octanol–water partition coefficient (Wildman–Crippen LogP) is 20.1. The Kier molecular flexibility index (Phi) is 55.9. The molecule has 0 radical (unpaired) electrons. The van der Waals surface area contributed by atoms with Gasteiger partial charge in [-0.1, -0.05) is 240 Å².